The molecule has 4 nitrogen and oxygen atoms in total. The second-order valence-corrected chi connectivity index (χ2v) is 4.79. The maximum absolute atomic E-state index is 12.5. The number of fused-ring (bicyclic) bond motifs is 1. The molecule has 0 saturated carbocycles. The number of nitrogens with zero attached hydrogens (tertiary/aromatic N) is 2. The first-order valence-corrected chi connectivity index (χ1v) is 6.45. The summed E-state index contributed by atoms with van der Waals surface area (Å²) < 4.78 is 0. The van der Waals surface area contributed by atoms with Crippen LogP contribution in [-0.2, 0) is 4.79 Å². The molecule has 1 unspecified atom stereocenters. The zero-order valence-corrected chi connectivity index (χ0v) is 11.2. The van der Waals surface area contributed by atoms with Gasteiger partial charge in [-0.05, 0) is 30.7 Å². The lowest BCUT2D eigenvalue weighted by Gasteiger charge is -2.24. The molecule has 1 aliphatic rings. The van der Waals surface area contributed by atoms with Gasteiger partial charge >= 0.3 is 0 Å². The van der Waals surface area contributed by atoms with E-state index in [0.717, 1.165) is 22.5 Å². The molecular formula is C16H15N3O. The molecule has 4 heteroatoms. The third-order valence-electron chi connectivity index (χ3n) is 3.29. The van der Waals surface area contributed by atoms with Gasteiger partial charge in [0.25, 0.3) is 5.91 Å². The monoisotopic (exact) mass is 265 g/mol. The summed E-state index contributed by atoms with van der Waals surface area (Å²) >= 11 is 0. The normalized spacial score (nSPS) is 17.8. The quantitative estimate of drug-likeness (QED) is 0.860. The van der Waals surface area contributed by atoms with Gasteiger partial charge in [-0.25, -0.2) is 0 Å². The fraction of sp³-hybridized carbons (Fsp3) is 0.125. The molecule has 1 amide bonds. The Bertz CT molecular complexity index is 694. The molecule has 20 heavy (non-hydrogen) atoms. The van der Waals surface area contributed by atoms with Crippen molar-refractivity contribution >= 4 is 23.5 Å². The summed E-state index contributed by atoms with van der Waals surface area (Å²) in [6.07, 6.45) is 0.788. The minimum absolute atomic E-state index is 0.225. The molecule has 1 atom stereocenters. The Kier molecular flexibility index (Phi) is 3.08. The van der Waals surface area contributed by atoms with E-state index in [2.05, 4.69) is 4.99 Å². The van der Waals surface area contributed by atoms with Crippen LogP contribution >= 0.6 is 0 Å². The highest BCUT2D eigenvalue weighted by Gasteiger charge is 2.27. The number of rotatable bonds is 1. The molecule has 3 rings (SSSR count). The smallest absolute Gasteiger partial charge is 0.270 e. The standard InChI is InChI=1S/C16H15N3O/c1-11-5-4-7-13(9-11)19-14-8-3-2-6-12(14)10-18-15(17)16(19)20/h2-10,15H,17H2,1H3. The van der Waals surface area contributed by atoms with Gasteiger partial charge in [-0.15, -0.1) is 0 Å². The second kappa shape index (κ2) is 4.90. The molecule has 2 aromatic carbocycles. The predicted octanol–water partition coefficient (Wildman–Crippen LogP) is 2.38. The van der Waals surface area contributed by atoms with Gasteiger partial charge in [-0.1, -0.05) is 30.3 Å². The molecule has 0 radical (unpaired) electrons. The van der Waals surface area contributed by atoms with Crippen molar-refractivity contribution in [2.75, 3.05) is 4.90 Å². The van der Waals surface area contributed by atoms with Gasteiger partial charge in [-0.3, -0.25) is 14.7 Å². The van der Waals surface area contributed by atoms with Crippen molar-refractivity contribution in [3.8, 4) is 0 Å². The van der Waals surface area contributed by atoms with E-state index in [0.29, 0.717) is 0 Å². The zero-order valence-electron chi connectivity index (χ0n) is 11.2. The van der Waals surface area contributed by atoms with Gasteiger partial charge in [-0.2, -0.15) is 0 Å². The highest BCUT2D eigenvalue weighted by Crippen LogP contribution is 2.30. The van der Waals surface area contributed by atoms with E-state index in [1.165, 1.54) is 0 Å². The van der Waals surface area contributed by atoms with Gasteiger partial charge in [0.05, 0.1) is 5.69 Å². The average molecular weight is 265 g/mol. The van der Waals surface area contributed by atoms with E-state index >= 15 is 0 Å². The van der Waals surface area contributed by atoms with Gasteiger partial charge in [0, 0.05) is 17.5 Å². The van der Waals surface area contributed by atoms with E-state index in [-0.39, 0.29) is 5.91 Å². The van der Waals surface area contributed by atoms with Crippen molar-refractivity contribution < 1.29 is 4.79 Å². The molecule has 2 aromatic rings. The van der Waals surface area contributed by atoms with Crippen LogP contribution in [0.1, 0.15) is 11.1 Å². The maximum atomic E-state index is 12.5. The Morgan fingerprint density at radius 2 is 1.95 bits per heavy atom. The Morgan fingerprint density at radius 3 is 2.75 bits per heavy atom. The van der Waals surface area contributed by atoms with E-state index in [1.54, 1.807) is 11.1 Å². The number of carbonyl (C=O) groups excluding carboxylic acids is 1. The van der Waals surface area contributed by atoms with Crippen molar-refractivity contribution in [1.29, 1.82) is 0 Å². The first-order chi connectivity index (χ1) is 9.66. The molecule has 0 aliphatic carbocycles. The third kappa shape index (κ3) is 2.10. The van der Waals surface area contributed by atoms with Crippen LogP contribution in [0.4, 0.5) is 11.4 Å². The van der Waals surface area contributed by atoms with Crippen molar-refractivity contribution in [3.63, 3.8) is 0 Å². The number of benzodiazepines with no additional fused rings is 1. The van der Waals surface area contributed by atoms with Gasteiger partial charge < -0.3 is 5.73 Å². The lowest BCUT2D eigenvalue weighted by molar-refractivity contribution is -0.118. The lowest BCUT2D eigenvalue weighted by Crippen LogP contribution is -2.39. The SMILES string of the molecule is Cc1cccc(N2C(=O)C(N)N=Cc3ccccc32)c1. The number of carbonyl (C=O) groups is 1. The molecule has 0 aromatic heterocycles. The van der Waals surface area contributed by atoms with Crippen molar-refractivity contribution in [1.82, 2.24) is 0 Å². The third-order valence-corrected chi connectivity index (χ3v) is 3.29. The highest BCUT2D eigenvalue weighted by molar-refractivity contribution is 6.09. The largest absolute Gasteiger partial charge is 0.302 e. The molecule has 0 bridgehead atoms. The number of para-hydroxylation sites is 1. The zero-order chi connectivity index (χ0) is 14.1. The van der Waals surface area contributed by atoms with Crippen LogP contribution < -0.4 is 10.6 Å². The summed E-state index contributed by atoms with van der Waals surface area (Å²) in [6.45, 7) is 1.99. The molecule has 2 N–H and O–H groups in total. The number of aliphatic imine (C=N–C) groups is 1. The number of nitrogens with two attached hydrogens (primary N) is 1. The van der Waals surface area contributed by atoms with Crippen molar-refractivity contribution in [2.45, 2.75) is 13.1 Å². The van der Waals surface area contributed by atoms with Gasteiger partial charge in [0.1, 0.15) is 0 Å². The molecule has 100 valence electrons. The Labute approximate surface area is 117 Å². The van der Waals surface area contributed by atoms with Crippen LogP contribution in [0.25, 0.3) is 0 Å². The summed E-state index contributed by atoms with van der Waals surface area (Å²) in [4.78, 5) is 18.3. The minimum atomic E-state index is -0.872. The second-order valence-electron chi connectivity index (χ2n) is 4.79. The van der Waals surface area contributed by atoms with Crippen LogP contribution in [0.5, 0.6) is 0 Å². The predicted molar refractivity (Wildman–Crippen MR) is 80.3 cm³/mol. The number of amides is 1. The Hall–Kier alpha value is -2.46. The Balaban J connectivity index is 2.20. The number of hydrogen-bond acceptors (Lipinski definition) is 3. The number of anilines is 2. The van der Waals surface area contributed by atoms with Crippen molar-refractivity contribution in [2.24, 2.45) is 10.7 Å². The summed E-state index contributed by atoms with van der Waals surface area (Å²) in [6, 6.07) is 15.4. The fourth-order valence-electron chi connectivity index (χ4n) is 2.31. The maximum Gasteiger partial charge on any atom is 0.270 e. The molecule has 0 saturated heterocycles. The van der Waals surface area contributed by atoms with Crippen LogP contribution in [0.3, 0.4) is 0 Å². The van der Waals surface area contributed by atoms with E-state index in [4.69, 9.17) is 5.73 Å². The lowest BCUT2D eigenvalue weighted by atomic mass is 10.1. The van der Waals surface area contributed by atoms with Crippen LogP contribution in [0.2, 0.25) is 0 Å². The first kappa shape index (κ1) is 12.6. The number of aryl methyl sites for hydroxylation is 1. The van der Waals surface area contributed by atoms with Crippen LogP contribution in [0, 0.1) is 6.92 Å². The Morgan fingerprint density at radius 1 is 1.15 bits per heavy atom. The molecule has 0 fully saturated rings. The summed E-state index contributed by atoms with van der Waals surface area (Å²) in [5, 5.41) is 0. The number of benzene rings is 2. The van der Waals surface area contributed by atoms with Gasteiger partial charge in [0.2, 0.25) is 0 Å². The first-order valence-electron chi connectivity index (χ1n) is 6.45. The van der Waals surface area contributed by atoms with E-state index in [9.17, 15) is 4.79 Å². The number of hydrogen-bond donors (Lipinski definition) is 1. The molecule has 1 aliphatic heterocycles. The summed E-state index contributed by atoms with van der Waals surface area (Å²) in [5.74, 6) is -0.225. The van der Waals surface area contributed by atoms with Crippen LogP contribution in [-0.4, -0.2) is 18.3 Å². The van der Waals surface area contributed by atoms with Crippen LogP contribution in [0.15, 0.2) is 53.5 Å². The van der Waals surface area contributed by atoms with E-state index in [1.807, 2.05) is 55.5 Å². The molecule has 1 heterocycles. The van der Waals surface area contributed by atoms with E-state index < -0.39 is 6.17 Å². The topological polar surface area (TPSA) is 58.7 Å². The highest BCUT2D eigenvalue weighted by atomic mass is 16.2. The average Bonchev–Trinajstić information content (AvgIpc) is 2.57. The minimum Gasteiger partial charge on any atom is -0.302 e. The summed E-state index contributed by atoms with van der Waals surface area (Å²) in [7, 11) is 0. The molecule has 0 spiro atoms. The molecular weight excluding hydrogens is 250 g/mol. The fourth-order valence-corrected chi connectivity index (χ4v) is 2.31. The van der Waals surface area contributed by atoms with Gasteiger partial charge in [0.15, 0.2) is 6.17 Å². The summed E-state index contributed by atoms with van der Waals surface area (Å²) in [5.41, 5.74) is 9.42. The van der Waals surface area contributed by atoms with Crippen molar-refractivity contribution in [3.05, 3.63) is 59.7 Å².